The van der Waals surface area contributed by atoms with E-state index in [0.29, 0.717) is 10.9 Å². The zero-order valence-electron chi connectivity index (χ0n) is 13.2. The molecule has 0 spiro atoms. The van der Waals surface area contributed by atoms with Gasteiger partial charge >= 0.3 is 5.97 Å². The van der Waals surface area contributed by atoms with Gasteiger partial charge in [-0.15, -0.1) is 0 Å². The molecule has 1 aromatic carbocycles. The highest BCUT2D eigenvalue weighted by Crippen LogP contribution is 2.32. The summed E-state index contributed by atoms with van der Waals surface area (Å²) in [4.78, 5) is 28.9. The Hall–Kier alpha value is -2.65. The van der Waals surface area contributed by atoms with E-state index in [1.165, 1.54) is 28.7 Å². The third-order valence-corrected chi connectivity index (χ3v) is 6.49. The van der Waals surface area contributed by atoms with Crippen molar-refractivity contribution in [3.63, 3.8) is 0 Å². The summed E-state index contributed by atoms with van der Waals surface area (Å²) >= 11 is 0. The Morgan fingerprint density at radius 2 is 2.04 bits per heavy atom. The molecule has 25 heavy (non-hydrogen) atoms. The topological polar surface area (TPSA) is 123 Å². The van der Waals surface area contributed by atoms with Gasteiger partial charge in [0, 0.05) is 35.6 Å². The van der Waals surface area contributed by atoms with E-state index in [2.05, 4.69) is 9.97 Å². The molecular weight excluding hydrogens is 346 g/mol. The number of nitrogens with zero attached hydrogens (tertiary/aromatic N) is 1. The highest BCUT2D eigenvalue weighted by Gasteiger charge is 2.35. The lowest BCUT2D eigenvalue weighted by Crippen LogP contribution is -2.28. The molecule has 0 bridgehead atoms. The smallest absolute Gasteiger partial charge is 0.337 e. The highest BCUT2D eigenvalue weighted by molar-refractivity contribution is 7.89. The summed E-state index contributed by atoms with van der Waals surface area (Å²) in [6, 6.07) is 4.34. The summed E-state index contributed by atoms with van der Waals surface area (Å²) in [6.45, 7) is 0. The lowest BCUT2D eigenvalue weighted by molar-refractivity contribution is 0.0699. The first kappa shape index (κ1) is 15.9. The third-order valence-electron chi connectivity index (χ3n) is 4.58. The van der Waals surface area contributed by atoms with Gasteiger partial charge in [-0.05, 0) is 31.0 Å². The molecule has 0 radical (unpaired) electrons. The summed E-state index contributed by atoms with van der Waals surface area (Å²) in [5.74, 6) is -1.19. The number of carboxylic acids is 1. The molecule has 3 N–H and O–H groups in total. The molecular formula is C16H15N3O5S. The van der Waals surface area contributed by atoms with E-state index >= 15 is 0 Å². The first-order valence-corrected chi connectivity index (χ1v) is 9.13. The summed E-state index contributed by atoms with van der Waals surface area (Å²) in [7, 11) is -2.14. The predicted molar refractivity (Wildman–Crippen MR) is 91.4 cm³/mol. The van der Waals surface area contributed by atoms with Gasteiger partial charge < -0.3 is 15.1 Å². The number of carbonyl (C=O) groups is 1. The standard InChI is InChI=1S/C16H15N3O5S/c1-19(8-2-3-8)25(23,24)9-4-5-12-10(6-9)13-11(16(21)22)7-17-14(13)15(20)18-12/h4-8,17H,2-3H2,1H3,(H,18,20)(H,21,22). The fraction of sp³-hybridized carbons (Fsp3) is 0.250. The van der Waals surface area contributed by atoms with Gasteiger partial charge in [0.05, 0.1) is 10.5 Å². The maximum atomic E-state index is 12.7. The van der Waals surface area contributed by atoms with Crippen molar-refractivity contribution in [2.24, 2.45) is 0 Å². The highest BCUT2D eigenvalue weighted by atomic mass is 32.2. The molecule has 1 aliphatic rings. The van der Waals surface area contributed by atoms with E-state index in [1.807, 2.05) is 0 Å². The van der Waals surface area contributed by atoms with Crippen LogP contribution in [0.2, 0.25) is 0 Å². The maximum Gasteiger partial charge on any atom is 0.337 e. The molecule has 1 fully saturated rings. The largest absolute Gasteiger partial charge is 0.478 e. The number of H-pyrrole nitrogens is 2. The minimum Gasteiger partial charge on any atom is -0.478 e. The summed E-state index contributed by atoms with van der Waals surface area (Å²) in [6.07, 6.45) is 2.91. The van der Waals surface area contributed by atoms with Crippen molar-refractivity contribution in [3.05, 3.63) is 40.3 Å². The van der Waals surface area contributed by atoms with Crippen molar-refractivity contribution in [2.45, 2.75) is 23.8 Å². The lowest BCUT2D eigenvalue weighted by Gasteiger charge is -2.16. The zero-order valence-corrected chi connectivity index (χ0v) is 14.1. The Kier molecular flexibility index (Phi) is 3.28. The van der Waals surface area contributed by atoms with Crippen LogP contribution in [0.15, 0.2) is 34.1 Å². The quantitative estimate of drug-likeness (QED) is 0.649. The molecule has 1 aliphatic carbocycles. The second-order valence-corrected chi connectivity index (χ2v) is 8.17. The maximum absolute atomic E-state index is 12.7. The van der Waals surface area contributed by atoms with Crippen LogP contribution in [-0.4, -0.2) is 46.9 Å². The van der Waals surface area contributed by atoms with Crippen LogP contribution in [0.3, 0.4) is 0 Å². The van der Waals surface area contributed by atoms with Crippen LogP contribution in [0.25, 0.3) is 21.8 Å². The summed E-state index contributed by atoms with van der Waals surface area (Å²) < 4.78 is 26.8. The number of hydrogen-bond donors (Lipinski definition) is 3. The van der Waals surface area contributed by atoms with E-state index in [0.717, 1.165) is 12.8 Å². The SMILES string of the molecule is CN(C1CC1)S(=O)(=O)c1ccc2[nH]c(=O)c3[nH]cc(C(=O)O)c3c2c1. The molecule has 3 aromatic rings. The van der Waals surface area contributed by atoms with Gasteiger partial charge in [0.15, 0.2) is 0 Å². The number of nitrogens with one attached hydrogen (secondary N) is 2. The first-order chi connectivity index (χ1) is 11.8. The van der Waals surface area contributed by atoms with E-state index in [-0.39, 0.29) is 27.4 Å². The molecule has 2 aromatic heterocycles. The Bertz CT molecular complexity index is 1190. The molecule has 0 aliphatic heterocycles. The monoisotopic (exact) mass is 361 g/mol. The first-order valence-electron chi connectivity index (χ1n) is 7.69. The second-order valence-electron chi connectivity index (χ2n) is 6.17. The van der Waals surface area contributed by atoms with Crippen molar-refractivity contribution in [1.82, 2.24) is 14.3 Å². The van der Waals surface area contributed by atoms with Gasteiger partial charge in [-0.2, -0.15) is 4.31 Å². The molecule has 8 nitrogen and oxygen atoms in total. The van der Waals surface area contributed by atoms with Crippen LogP contribution in [0.5, 0.6) is 0 Å². The Morgan fingerprint density at radius 3 is 2.68 bits per heavy atom. The number of benzene rings is 1. The normalized spacial score (nSPS) is 15.3. The lowest BCUT2D eigenvalue weighted by atomic mass is 10.1. The van der Waals surface area contributed by atoms with Crippen molar-refractivity contribution in [3.8, 4) is 0 Å². The number of pyridine rings is 1. The number of fused-ring (bicyclic) bond motifs is 3. The summed E-state index contributed by atoms with van der Waals surface area (Å²) in [5.41, 5.74) is -0.0421. The minimum absolute atomic E-state index is 0.0122. The van der Waals surface area contributed by atoms with Crippen molar-refractivity contribution < 1.29 is 18.3 Å². The fourth-order valence-electron chi connectivity index (χ4n) is 3.04. The van der Waals surface area contributed by atoms with Gasteiger partial charge in [-0.3, -0.25) is 4.79 Å². The molecule has 9 heteroatoms. The predicted octanol–water partition coefficient (Wildman–Crippen LogP) is 1.49. The van der Waals surface area contributed by atoms with Crippen LogP contribution in [0.1, 0.15) is 23.2 Å². The third kappa shape index (κ3) is 2.35. The molecule has 0 atom stereocenters. The fourth-order valence-corrected chi connectivity index (χ4v) is 4.48. The molecule has 0 saturated heterocycles. The van der Waals surface area contributed by atoms with Crippen LogP contribution >= 0.6 is 0 Å². The molecule has 1 saturated carbocycles. The molecule has 4 rings (SSSR count). The van der Waals surface area contributed by atoms with Crippen molar-refractivity contribution >= 4 is 37.8 Å². The number of rotatable bonds is 4. The van der Waals surface area contributed by atoms with Gasteiger partial charge in [0.2, 0.25) is 10.0 Å². The van der Waals surface area contributed by atoms with E-state index < -0.39 is 21.6 Å². The zero-order chi connectivity index (χ0) is 17.9. The summed E-state index contributed by atoms with van der Waals surface area (Å²) in [5, 5.41) is 9.94. The van der Waals surface area contributed by atoms with Crippen LogP contribution in [-0.2, 0) is 10.0 Å². The van der Waals surface area contributed by atoms with Crippen LogP contribution in [0.4, 0.5) is 0 Å². The van der Waals surface area contributed by atoms with Gasteiger partial charge in [-0.1, -0.05) is 0 Å². The average Bonchev–Trinajstić information content (AvgIpc) is 3.31. The van der Waals surface area contributed by atoms with E-state index in [9.17, 15) is 23.1 Å². The van der Waals surface area contributed by atoms with Crippen LogP contribution < -0.4 is 5.56 Å². The van der Waals surface area contributed by atoms with Gasteiger partial charge in [0.25, 0.3) is 5.56 Å². The number of hydrogen-bond acceptors (Lipinski definition) is 4. The Balaban J connectivity index is 2.03. The number of aromatic amines is 2. The number of aromatic carboxylic acids is 1. The molecule has 0 amide bonds. The van der Waals surface area contributed by atoms with Gasteiger partial charge in [0.1, 0.15) is 5.52 Å². The van der Waals surface area contributed by atoms with Gasteiger partial charge in [-0.25, -0.2) is 13.2 Å². The average molecular weight is 361 g/mol. The van der Waals surface area contributed by atoms with Crippen molar-refractivity contribution in [2.75, 3.05) is 7.05 Å². The molecule has 130 valence electrons. The number of sulfonamides is 1. The minimum atomic E-state index is -3.68. The molecule has 2 heterocycles. The van der Waals surface area contributed by atoms with Crippen LogP contribution in [0, 0.1) is 0 Å². The number of aromatic nitrogens is 2. The second kappa shape index (κ2) is 5.17. The Labute approximate surface area is 142 Å². The van der Waals surface area contributed by atoms with Crippen molar-refractivity contribution in [1.29, 1.82) is 0 Å². The Morgan fingerprint density at radius 1 is 1.32 bits per heavy atom. The van der Waals surface area contributed by atoms with E-state index in [4.69, 9.17) is 0 Å². The molecule has 0 unspecified atom stereocenters. The number of carboxylic acid groups (broad SMARTS) is 1. The van der Waals surface area contributed by atoms with E-state index in [1.54, 1.807) is 7.05 Å².